The van der Waals surface area contributed by atoms with E-state index >= 15 is 0 Å². The summed E-state index contributed by atoms with van der Waals surface area (Å²) in [5.74, 6) is 1.94. The van der Waals surface area contributed by atoms with Gasteiger partial charge in [0.05, 0.1) is 29.4 Å². The number of morpholine rings is 1. The fourth-order valence-corrected chi connectivity index (χ4v) is 4.91. The van der Waals surface area contributed by atoms with Crippen LogP contribution in [-0.2, 0) is 18.8 Å². The summed E-state index contributed by atoms with van der Waals surface area (Å²) in [7, 11) is 3.71. The Morgan fingerprint density at radius 3 is 2.68 bits per heavy atom. The molecule has 0 bridgehead atoms. The normalized spacial score (nSPS) is 20.5. The summed E-state index contributed by atoms with van der Waals surface area (Å²) in [6.45, 7) is 3.98. The number of aromatic nitrogens is 5. The van der Waals surface area contributed by atoms with Crippen molar-refractivity contribution < 1.29 is 4.74 Å². The molecule has 1 saturated carbocycles. The van der Waals surface area contributed by atoms with Gasteiger partial charge in [-0.15, -0.1) is 0 Å². The molecule has 0 amide bonds. The molecule has 0 unspecified atom stereocenters. The number of anilines is 1. The predicted octanol–water partition coefficient (Wildman–Crippen LogP) is 3.00. The van der Waals surface area contributed by atoms with Crippen LogP contribution >= 0.6 is 0 Å². The van der Waals surface area contributed by atoms with Crippen LogP contribution in [0.3, 0.4) is 0 Å². The largest absolute Gasteiger partial charge is 0.370 e. The summed E-state index contributed by atoms with van der Waals surface area (Å²) in [6, 6.07) is 1.99. The van der Waals surface area contributed by atoms with E-state index in [1.54, 1.807) is 16.3 Å². The van der Waals surface area contributed by atoms with Crippen LogP contribution in [0.25, 0.3) is 10.9 Å². The number of hydrogen-bond acceptors (Lipinski definition) is 6. The number of aryl methyl sites for hydroxylation is 2. The average Bonchev–Trinajstić information content (AvgIpc) is 3.24. The number of nitrogens with zero attached hydrogens (tertiary/aromatic N) is 6. The molecule has 3 aromatic heterocycles. The SMILES string of the molecule is Cc1nc2cc(N3CCO[C@@H](c4cnn(C)c4)C3)nc(C3CCCCC3)c2c(=O)n1C. The van der Waals surface area contributed by atoms with Crippen molar-refractivity contribution in [1.82, 2.24) is 24.3 Å². The minimum absolute atomic E-state index is 0.0114. The van der Waals surface area contributed by atoms with Crippen LogP contribution in [0.5, 0.6) is 0 Å². The Morgan fingerprint density at radius 2 is 1.94 bits per heavy atom. The monoisotopic (exact) mass is 422 g/mol. The van der Waals surface area contributed by atoms with Crippen molar-refractivity contribution >= 4 is 16.7 Å². The van der Waals surface area contributed by atoms with E-state index in [1.807, 2.05) is 32.4 Å². The Morgan fingerprint density at radius 1 is 1.13 bits per heavy atom. The molecule has 2 fully saturated rings. The molecule has 0 aromatic carbocycles. The van der Waals surface area contributed by atoms with Gasteiger partial charge in [-0.3, -0.25) is 14.0 Å². The van der Waals surface area contributed by atoms with Crippen LogP contribution in [0.2, 0.25) is 0 Å². The second-order valence-electron chi connectivity index (χ2n) is 8.87. The van der Waals surface area contributed by atoms with E-state index < -0.39 is 0 Å². The number of hydrogen-bond donors (Lipinski definition) is 0. The second-order valence-corrected chi connectivity index (χ2v) is 8.87. The molecule has 1 aliphatic heterocycles. The smallest absolute Gasteiger partial charge is 0.262 e. The Labute approximate surface area is 181 Å². The van der Waals surface area contributed by atoms with Crippen LogP contribution in [0.1, 0.15) is 61.2 Å². The van der Waals surface area contributed by atoms with Crippen molar-refractivity contribution in [2.45, 2.75) is 51.0 Å². The lowest BCUT2D eigenvalue weighted by atomic mass is 9.85. The molecule has 4 heterocycles. The van der Waals surface area contributed by atoms with Gasteiger partial charge < -0.3 is 9.64 Å². The first-order chi connectivity index (χ1) is 15.0. The summed E-state index contributed by atoms with van der Waals surface area (Å²) in [5.41, 5.74) is 2.78. The quantitative estimate of drug-likeness (QED) is 0.646. The third kappa shape index (κ3) is 3.73. The van der Waals surface area contributed by atoms with E-state index in [2.05, 4.69) is 10.00 Å². The lowest BCUT2D eigenvalue weighted by Crippen LogP contribution is -2.39. The molecule has 0 N–H and O–H groups in total. The molecule has 164 valence electrons. The lowest BCUT2D eigenvalue weighted by Gasteiger charge is -2.34. The zero-order chi connectivity index (χ0) is 21.5. The van der Waals surface area contributed by atoms with Gasteiger partial charge in [-0.05, 0) is 19.8 Å². The standard InChI is InChI=1S/C23H30N6O2/c1-15-25-18-11-20(29-9-10-31-19(14-29)17-12-24-27(2)13-17)26-22(16-7-5-4-6-8-16)21(18)23(30)28(15)3/h11-13,16,19H,4-10,14H2,1-3H3/t19-/m1/s1. The zero-order valence-corrected chi connectivity index (χ0v) is 18.5. The Bertz CT molecular complexity index is 1160. The maximum absolute atomic E-state index is 13.2. The Balaban J connectivity index is 1.58. The third-order valence-electron chi connectivity index (χ3n) is 6.78. The highest BCUT2D eigenvalue weighted by Crippen LogP contribution is 2.36. The molecular formula is C23H30N6O2. The van der Waals surface area contributed by atoms with Gasteiger partial charge >= 0.3 is 0 Å². The first-order valence-corrected chi connectivity index (χ1v) is 11.2. The molecule has 2 aliphatic rings. The van der Waals surface area contributed by atoms with Crippen molar-refractivity contribution in [3.63, 3.8) is 0 Å². The molecule has 0 radical (unpaired) electrons. The molecule has 0 spiro atoms. The van der Waals surface area contributed by atoms with E-state index in [1.165, 1.54) is 19.3 Å². The first-order valence-electron chi connectivity index (χ1n) is 11.2. The molecule has 1 aliphatic carbocycles. The van der Waals surface area contributed by atoms with E-state index in [0.717, 1.165) is 47.8 Å². The highest BCUT2D eigenvalue weighted by Gasteiger charge is 2.28. The van der Waals surface area contributed by atoms with Gasteiger partial charge in [-0.1, -0.05) is 19.3 Å². The van der Waals surface area contributed by atoms with Crippen molar-refractivity contribution in [3.8, 4) is 0 Å². The van der Waals surface area contributed by atoms with Crippen molar-refractivity contribution in [3.05, 3.63) is 45.9 Å². The highest BCUT2D eigenvalue weighted by molar-refractivity contribution is 5.83. The maximum atomic E-state index is 13.2. The van der Waals surface area contributed by atoms with Gasteiger partial charge in [0.2, 0.25) is 0 Å². The van der Waals surface area contributed by atoms with Crippen LogP contribution < -0.4 is 10.5 Å². The van der Waals surface area contributed by atoms with Gasteiger partial charge in [0.25, 0.3) is 5.56 Å². The first kappa shape index (κ1) is 20.2. The molecule has 1 saturated heterocycles. The molecule has 3 aromatic rings. The van der Waals surface area contributed by atoms with Gasteiger partial charge in [0.15, 0.2) is 0 Å². The van der Waals surface area contributed by atoms with Crippen molar-refractivity contribution in [1.29, 1.82) is 0 Å². The minimum atomic E-state index is -0.0450. The molecule has 8 nitrogen and oxygen atoms in total. The van der Waals surface area contributed by atoms with E-state index in [4.69, 9.17) is 14.7 Å². The number of pyridine rings is 1. The highest BCUT2D eigenvalue weighted by atomic mass is 16.5. The molecule has 5 rings (SSSR count). The third-order valence-corrected chi connectivity index (χ3v) is 6.78. The summed E-state index contributed by atoms with van der Waals surface area (Å²) >= 11 is 0. The number of ether oxygens (including phenoxy) is 1. The van der Waals surface area contributed by atoms with Crippen LogP contribution in [-0.4, -0.2) is 44.0 Å². The topological polar surface area (TPSA) is 78.1 Å². The zero-order valence-electron chi connectivity index (χ0n) is 18.5. The lowest BCUT2D eigenvalue weighted by molar-refractivity contribution is 0.0395. The van der Waals surface area contributed by atoms with Gasteiger partial charge in [0, 0.05) is 50.9 Å². The van der Waals surface area contributed by atoms with E-state index in [9.17, 15) is 4.79 Å². The Kier molecular flexibility index (Phi) is 5.25. The van der Waals surface area contributed by atoms with E-state index in [-0.39, 0.29) is 11.7 Å². The summed E-state index contributed by atoms with van der Waals surface area (Å²) in [4.78, 5) is 25.3. The fourth-order valence-electron chi connectivity index (χ4n) is 4.91. The molecular weight excluding hydrogens is 392 g/mol. The predicted molar refractivity (Wildman–Crippen MR) is 119 cm³/mol. The molecule has 31 heavy (non-hydrogen) atoms. The van der Waals surface area contributed by atoms with Crippen molar-refractivity contribution in [2.24, 2.45) is 14.1 Å². The van der Waals surface area contributed by atoms with Crippen LogP contribution in [0.4, 0.5) is 5.82 Å². The molecule has 1 atom stereocenters. The van der Waals surface area contributed by atoms with Crippen LogP contribution in [0.15, 0.2) is 23.3 Å². The maximum Gasteiger partial charge on any atom is 0.262 e. The fraction of sp³-hybridized carbons (Fsp3) is 0.565. The van der Waals surface area contributed by atoms with Crippen LogP contribution in [0, 0.1) is 6.92 Å². The summed E-state index contributed by atoms with van der Waals surface area (Å²) in [6.07, 6.45) is 9.65. The number of rotatable bonds is 3. The Hall–Kier alpha value is -2.74. The minimum Gasteiger partial charge on any atom is -0.370 e. The average molecular weight is 423 g/mol. The summed E-state index contributed by atoms with van der Waals surface area (Å²) in [5, 5.41) is 4.98. The van der Waals surface area contributed by atoms with E-state index in [0.29, 0.717) is 24.5 Å². The van der Waals surface area contributed by atoms with Crippen molar-refractivity contribution in [2.75, 3.05) is 24.6 Å². The second kappa shape index (κ2) is 8.07. The van der Waals surface area contributed by atoms with Gasteiger partial charge in [0.1, 0.15) is 17.7 Å². The molecule has 8 heteroatoms. The number of fused-ring (bicyclic) bond motifs is 1. The van der Waals surface area contributed by atoms with Gasteiger partial charge in [-0.2, -0.15) is 5.10 Å². The van der Waals surface area contributed by atoms with Gasteiger partial charge in [-0.25, -0.2) is 9.97 Å². The summed E-state index contributed by atoms with van der Waals surface area (Å²) < 4.78 is 9.47.